The molecule has 0 N–H and O–H groups in total. The third-order valence-corrected chi connectivity index (χ3v) is 7.02. The molecule has 0 aromatic heterocycles. The van der Waals surface area contributed by atoms with Crippen LogP contribution in [0.15, 0.2) is 119 Å². The largest absolute Gasteiger partial charge is 1.00 e. The second kappa shape index (κ2) is 12.8. The second-order valence-corrected chi connectivity index (χ2v) is 10.1. The smallest absolute Gasteiger partial charge is 0.744 e. The fraction of sp³-hybridized carbons (Fsp3) is 0. The molecule has 0 fully saturated rings. The molecular formula is C26H18Na2O6S2. The van der Waals surface area contributed by atoms with Gasteiger partial charge in [-0.3, -0.25) is 0 Å². The van der Waals surface area contributed by atoms with Gasteiger partial charge in [-0.05, 0) is 34.4 Å². The van der Waals surface area contributed by atoms with Crippen LogP contribution < -0.4 is 59.1 Å². The minimum atomic E-state index is -4.89. The molecule has 0 aliphatic rings. The molecule has 10 heteroatoms. The molecule has 0 unspecified atom stereocenters. The van der Waals surface area contributed by atoms with Crippen LogP contribution in [0.1, 0.15) is 22.3 Å². The maximum atomic E-state index is 12.2. The number of hydrogen-bond donors (Lipinski definition) is 0. The zero-order valence-corrected chi connectivity index (χ0v) is 25.3. The van der Waals surface area contributed by atoms with Crippen molar-refractivity contribution in [3.63, 3.8) is 0 Å². The first kappa shape index (κ1) is 30.7. The Labute approximate surface area is 255 Å². The van der Waals surface area contributed by atoms with Gasteiger partial charge in [0.05, 0.1) is 9.79 Å². The van der Waals surface area contributed by atoms with Crippen molar-refractivity contribution in [2.75, 3.05) is 0 Å². The zero-order chi connectivity index (χ0) is 24.3. The van der Waals surface area contributed by atoms with Gasteiger partial charge in [0.1, 0.15) is 20.2 Å². The van der Waals surface area contributed by atoms with Gasteiger partial charge >= 0.3 is 59.1 Å². The molecule has 6 nitrogen and oxygen atoms in total. The first-order valence-corrected chi connectivity index (χ1v) is 13.0. The van der Waals surface area contributed by atoms with E-state index in [-0.39, 0.29) is 70.2 Å². The van der Waals surface area contributed by atoms with Gasteiger partial charge in [-0.15, -0.1) is 0 Å². The molecule has 172 valence electrons. The SMILES string of the molecule is O=S(=O)([O-])c1ccccc1C(=C(c1ccccc1)c1ccccc1S(=O)(=O)[O-])c1ccccc1.[Na+].[Na+]. The van der Waals surface area contributed by atoms with E-state index in [0.29, 0.717) is 22.3 Å². The molecule has 0 radical (unpaired) electrons. The Hall–Kier alpha value is -1.56. The van der Waals surface area contributed by atoms with Crippen LogP contribution in [0.5, 0.6) is 0 Å². The van der Waals surface area contributed by atoms with Gasteiger partial charge < -0.3 is 9.11 Å². The summed E-state index contributed by atoms with van der Waals surface area (Å²) in [5.41, 5.74) is 1.88. The van der Waals surface area contributed by atoms with Gasteiger partial charge in [0.15, 0.2) is 0 Å². The Morgan fingerprint density at radius 2 is 0.722 bits per heavy atom. The molecule has 0 saturated carbocycles. The van der Waals surface area contributed by atoms with Crippen LogP contribution in [-0.2, 0) is 20.2 Å². The van der Waals surface area contributed by atoms with Gasteiger partial charge in [-0.2, -0.15) is 0 Å². The Bertz CT molecular complexity index is 1470. The van der Waals surface area contributed by atoms with Gasteiger partial charge in [0.25, 0.3) is 0 Å². The average molecular weight is 537 g/mol. The summed E-state index contributed by atoms with van der Waals surface area (Å²) in [4.78, 5) is -0.908. The van der Waals surface area contributed by atoms with Crippen molar-refractivity contribution in [2.24, 2.45) is 0 Å². The zero-order valence-electron chi connectivity index (χ0n) is 19.7. The third kappa shape index (κ3) is 6.85. The summed E-state index contributed by atoms with van der Waals surface area (Å²) in [5, 5.41) is 0. The Balaban J connectivity index is 0.00000228. The topological polar surface area (TPSA) is 114 Å². The molecule has 4 rings (SSSR count). The molecule has 0 saturated heterocycles. The average Bonchev–Trinajstić information content (AvgIpc) is 2.82. The third-order valence-electron chi connectivity index (χ3n) is 5.23. The van der Waals surface area contributed by atoms with Crippen LogP contribution in [-0.4, -0.2) is 25.9 Å². The van der Waals surface area contributed by atoms with Gasteiger partial charge in [0.2, 0.25) is 0 Å². The number of rotatable bonds is 6. The predicted molar refractivity (Wildman–Crippen MR) is 127 cm³/mol. The predicted octanol–water partition coefficient (Wildman–Crippen LogP) is -1.49. The molecule has 0 aliphatic heterocycles. The van der Waals surface area contributed by atoms with Crippen molar-refractivity contribution in [3.8, 4) is 0 Å². The minimum absolute atomic E-state index is 0. The second-order valence-electron chi connectivity index (χ2n) is 7.38. The maximum absolute atomic E-state index is 12.2. The van der Waals surface area contributed by atoms with E-state index >= 15 is 0 Å². The Morgan fingerprint density at radius 3 is 1.03 bits per heavy atom. The molecule has 0 aliphatic carbocycles. The number of hydrogen-bond acceptors (Lipinski definition) is 6. The molecule has 0 amide bonds. The molecule has 4 aromatic carbocycles. The number of benzene rings is 4. The summed E-state index contributed by atoms with van der Waals surface area (Å²) in [7, 11) is -9.77. The summed E-state index contributed by atoms with van der Waals surface area (Å²) >= 11 is 0. The van der Waals surface area contributed by atoms with Crippen molar-refractivity contribution in [1.29, 1.82) is 0 Å². The van der Waals surface area contributed by atoms with Crippen molar-refractivity contribution < 1.29 is 85.1 Å². The first-order valence-electron chi connectivity index (χ1n) is 10.1. The van der Waals surface area contributed by atoms with Crippen molar-refractivity contribution >= 4 is 31.4 Å². The maximum Gasteiger partial charge on any atom is 1.00 e. The standard InChI is InChI=1S/C26H20O6S2.2Na/c27-33(28,29)23-17-9-7-15-21(23)25(19-11-3-1-4-12-19)26(20-13-5-2-6-14-20)22-16-8-10-18-24(22)34(30,31)32;;/h1-18H,(H,27,28,29)(H,30,31,32);;/q;2*+1/p-2. The molecule has 0 heterocycles. The van der Waals surface area contributed by atoms with Crippen molar-refractivity contribution in [1.82, 2.24) is 0 Å². The molecule has 4 aromatic rings. The molecule has 0 spiro atoms. The first-order chi connectivity index (χ1) is 16.2. The van der Waals surface area contributed by atoms with Crippen molar-refractivity contribution in [2.45, 2.75) is 9.79 Å². The minimum Gasteiger partial charge on any atom is -0.744 e. The Morgan fingerprint density at radius 1 is 0.444 bits per heavy atom. The quantitative estimate of drug-likeness (QED) is 0.169. The van der Waals surface area contributed by atoms with E-state index in [4.69, 9.17) is 0 Å². The monoisotopic (exact) mass is 536 g/mol. The van der Waals surface area contributed by atoms with Crippen molar-refractivity contribution in [3.05, 3.63) is 131 Å². The van der Waals surface area contributed by atoms with E-state index in [2.05, 4.69) is 0 Å². The van der Waals surface area contributed by atoms with Crippen LogP contribution in [0.3, 0.4) is 0 Å². The van der Waals surface area contributed by atoms with Gasteiger partial charge in [-0.1, -0.05) is 97.1 Å². The summed E-state index contributed by atoms with van der Waals surface area (Å²) < 4.78 is 73.1. The fourth-order valence-electron chi connectivity index (χ4n) is 3.86. The normalized spacial score (nSPS) is 12.1. The van der Waals surface area contributed by atoms with Crippen LogP contribution >= 0.6 is 0 Å². The van der Waals surface area contributed by atoms with Gasteiger partial charge in [0, 0.05) is 11.1 Å². The van der Waals surface area contributed by atoms with Gasteiger partial charge in [-0.25, -0.2) is 16.8 Å². The molecule has 0 bridgehead atoms. The molecular weight excluding hydrogens is 518 g/mol. The van der Waals surface area contributed by atoms with Crippen LogP contribution in [0, 0.1) is 0 Å². The summed E-state index contributed by atoms with van der Waals surface area (Å²) in [6.45, 7) is 0. The van der Waals surface area contributed by atoms with E-state index < -0.39 is 30.0 Å². The fourth-order valence-corrected chi connectivity index (χ4v) is 5.23. The van der Waals surface area contributed by atoms with Crippen LogP contribution in [0.2, 0.25) is 0 Å². The van der Waals surface area contributed by atoms with E-state index in [9.17, 15) is 25.9 Å². The van der Waals surface area contributed by atoms with Crippen LogP contribution in [0.4, 0.5) is 0 Å². The van der Waals surface area contributed by atoms with E-state index in [1.54, 1.807) is 72.8 Å². The van der Waals surface area contributed by atoms with E-state index in [1.807, 2.05) is 0 Å². The molecule has 36 heavy (non-hydrogen) atoms. The van der Waals surface area contributed by atoms with Crippen LogP contribution in [0.25, 0.3) is 11.1 Å². The molecule has 0 atom stereocenters. The van der Waals surface area contributed by atoms with E-state index in [1.165, 1.54) is 36.4 Å². The van der Waals surface area contributed by atoms with E-state index in [0.717, 1.165) is 0 Å². The summed E-state index contributed by atoms with van der Waals surface area (Å²) in [6, 6.07) is 28.8. The summed E-state index contributed by atoms with van der Waals surface area (Å²) in [5.74, 6) is 0. The Kier molecular flexibility index (Phi) is 10.9. The summed E-state index contributed by atoms with van der Waals surface area (Å²) in [6.07, 6.45) is 0.